The number of esters is 1. The molecule has 1 aliphatic rings. The molecular formula is C55H99O12P. The van der Waals surface area contributed by atoms with Crippen LogP contribution in [0.15, 0.2) is 60.8 Å². The minimum Gasteiger partial charge on any atom is -0.457 e. The summed E-state index contributed by atoms with van der Waals surface area (Å²) in [5.41, 5.74) is 0. The molecule has 0 spiro atoms. The van der Waals surface area contributed by atoms with Crippen molar-refractivity contribution >= 4 is 13.8 Å². The molecule has 0 aromatic rings. The highest BCUT2D eigenvalue weighted by Gasteiger charge is 2.51. The molecule has 0 bridgehead atoms. The van der Waals surface area contributed by atoms with E-state index in [1.54, 1.807) is 0 Å². The van der Waals surface area contributed by atoms with Gasteiger partial charge in [0, 0.05) is 13.0 Å². The Kier molecular flexibility index (Phi) is 42.3. The highest BCUT2D eigenvalue weighted by molar-refractivity contribution is 7.47. The summed E-state index contributed by atoms with van der Waals surface area (Å²) < 4.78 is 34.3. The Hall–Kier alpha value is -1.96. The maximum absolute atomic E-state index is 12.9. The Morgan fingerprint density at radius 1 is 0.485 bits per heavy atom. The molecule has 1 rings (SSSR count). The number of ether oxygens (including phenoxy) is 2. The fraction of sp³-hybridized carbons (Fsp3) is 0.800. The molecule has 6 N–H and O–H groups in total. The fourth-order valence-corrected chi connectivity index (χ4v) is 9.08. The third-order valence-electron chi connectivity index (χ3n) is 12.4. The second-order valence-corrected chi connectivity index (χ2v) is 20.1. The molecule has 1 saturated carbocycles. The molecule has 0 aromatic heterocycles. The van der Waals surface area contributed by atoms with Crippen molar-refractivity contribution in [3.05, 3.63) is 60.8 Å². The second-order valence-electron chi connectivity index (χ2n) is 18.7. The van der Waals surface area contributed by atoms with Crippen molar-refractivity contribution in [2.75, 3.05) is 19.8 Å². The van der Waals surface area contributed by atoms with Crippen molar-refractivity contribution in [1.82, 2.24) is 0 Å². The lowest BCUT2D eigenvalue weighted by molar-refractivity contribution is -0.220. The summed E-state index contributed by atoms with van der Waals surface area (Å²) >= 11 is 0. The number of unbranched alkanes of at least 4 members (excludes halogenated alkanes) is 24. The molecule has 0 aliphatic heterocycles. The third-order valence-corrected chi connectivity index (χ3v) is 13.4. The molecule has 6 atom stereocenters. The van der Waals surface area contributed by atoms with E-state index in [0.717, 1.165) is 83.5 Å². The molecule has 1 fully saturated rings. The number of aliphatic hydroxyl groups is 5. The molecule has 12 nitrogen and oxygen atoms in total. The first-order valence-corrected chi connectivity index (χ1v) is 28.6. The van der Waals surface area contributed by atoms with Crippen LogP contribution in [0.5, 0.6) is 0 Å². The number of carbonyl (C=O) groups is 1. The van der Waals surface area contributed by atoms with E-state index >= 15 is 0 Å². The maximum Gasteiger partial charge on any atom is 0.472 e. The van der Waals surface area contributed by atoms with Gasteiger partial charge in [-0.15, -0.1) is 0 Å². The third kappa shape index (κ3) is 36.0. The summed E-state index contributed by atoms with van der Waals surface area (Å²) in [7, 11) is -5.03. The monoisotopic (exact) mass is 983 g/mol. The van der Waals surface area contributed by atoms with Crippen LogP contribution in [0.3, 0.4) is 0 Å². The number of carbonyl (C=O) groups excluding carboxylic acids is 1. The maximum atomic E-state index is 12.9. The second kappa shape index (κ2) is 44.9. The molecule has 396 valence electrons. The number of allylic oxidation sites excluding steroid dienone is 10. The number of aliphatic hydroxyl groups excluding tert-OH is 5. The SMILES string of the molecule is CC/C=C\C/C=C\C/C=C\C/C=C\CCCCCCCOCC(COP(=O)(O)OC1C(O)C(O)C(O)C(O)C1O)OC(=O)CCCCCCCCCCCCC/C=C\CCCCCCCCCC. The van der Waals surface area contributed by atoms with E-state index in [1.165, 1.54) is 109 Å². The molecular weight excluding hydrogens is 884 g/mol. The fourth-order valence-electron chi connectivity index (χ4n) is 8.11. The van der Waals surface area contributed by atoms with E-state index in [1.807, 2.05) is 0 Å². The smallest absolute Gasteiger partial charge is 0.457 e. The predicted molar refractivity (Wildman–Crippen MR) is 276 cm³/mol. The van der Waals surface area contributed by atoms with Crippen molar-refractivity contribution in [3.8, 4) is 0 Å². The average Bonchev–Trinajstić information content (AvgIpc) is 3.32. The van der Waals surface area contributed by atoms with E-state index in [9.17, 15) is 39.8 Å². The Bertz CT molecular complexity index is 1350. The van der Waals surface area contributed by atoms with Crippen LogP contribution in [-0.4, -0.2) is 98.9 Å². The van der Waals surface area contributed by atoms with Crippen LogP contribution in [0.4, 0.5) is 0 Å². The number of hydrogen-bond acceptors (Lipinski definition) is 11. The van der Waals surface area contributed by atoms with E-state index in [2.05, 4.69) is 74.6 Å². The van der Waals surface area contributed by atoms with Crippen molar-refractivity contribution in [1.29, 1.82) is 0 Å². The molecule has 0 heterocycles. The van der Waals surface area contributed by atoms with Crippen LogP contribution >= 0.6 is 7.82 Å². The Morgan fingerprint density at radius 3 is 1.34 bits per heavy atom. The average molecular weight is 983 g/mol. The molecule has 0 amide bonds. The van der Waals surface area contributed by atoms with Crippen LogP contribution in [0, 0.1) is 0 Å². The number of phosphoric acid groups is 1. The summed E-state index contributed by atoms with van der Waals surface area (Å²) in [5.74, 6) is -0.485. The van der Waals surface area contributed by atoms with Crippen molar-refractivity contribution in [2.24, 2.45) is 0 Å². The zero-order valence-corrected chi connectivity index (χ0v) is 43.5. The van der Waals surface area contributed by atoms with Gasteiger partial charge in [0.15, 0.2) is 0 Å². The van der Waals surface area contributed by atoms with Gasteiger partial charge in [-0.25, -0.2) is 4.57 Å². The van der Waals surface area contributed by atoms with Gasteiger partial charge in [-0.3, -0.25) is 13.8 Å². The van der Waals surface area contributed by atoms with Crippen LogP contribution in [0.25, 0.3) is 0 Å². The van der Waals surface area contributed by atoms with Crippen LogP contribution < -0.4 is 0 Å². The first kappa shape index (κ1) is 64.1. The Balaban J connectivity index is 2.32. The molecule has 0 radical (unpaired) electrons. The van der Waals surface area contributed by atoms with Gasteiger partial charge < -0.3 is 39.9 Å². The molecule has 13 heteroatoms. The Morgan fingerprint density at radius 2 is 0.868 bits per heavy atom. The van der Waals surface area contributed by atoms with Crippen molar-refractivity contribution in [3.63, 3.8) is 0 Å². The van der Waals surface area contributed by atoms with Gasteiger partial charge >= 0.3 is 13.8 Å². The number of hydrogen-bond donors (Lipinski definition) is 6. The largest absolute Gasteiger partial charge is 0.472 e. The molecule has 0 saturated heterocycles. The van der Waals surface area contributed by atoms with Gasteiger partial charge in [0.25, 0.3) is 0 Å². The molecule has 1 aliphatic carbocycles. The van der Waals surface area contributed by atoms with E-state index in [4.69, 9.17) is 18.5 Å². The minimum atomic E-state index is -5.03. The number of phosphoric ester groups is 1. The number of rotatable bonds is 46. The lowest BCUT2D eigenvalue weighted by Gasteiger charge is -2.41. The van der Waals surface area contributed by atoms with Crippen molar-refractivity contribution in [2.45, 2.75) is 262 Å². The minimum absolute atomic E-state index is 0.0910. The van der Waals surface area contributed by atoms with Crippen molar-refractivity contribution < 1.29 is 58.3 Å². The first-order valence-electron chi connectivity index (χ1n) is 27.1. The zero-order chi connectivity index (χ0) is 49.8. The highest BCUT2D eigenvalue weighted by atomic mass is 31.2. The molecule has 0 aromatic carbocycles. The van der Waals surface area contributed by atoms with Crippen LogP contribution in [-0.2, 0) is 27.9 Å². The van der Waals surface area contributed by atoms with Crippen LogP contribution in [0.1, 0.15) is 219 Å². The standard InChI is InChI=1S/C55H99O12P/c1-3-5-7-9-11-13-15-17-19-21-23-24-25-26-27-28-30-32-34-36-38-40-42-44-49(56)66-48(47-65-68(62,63)67-55-53(60)51(58)50(57)52(59)54(55)61)46-64-45-43-41-39-37-35-33-31-29-22-20-18-16-14-12-10-8-6-4-2/h6,8,12,14,18,20-21,23,29,31,48,50-55,57-61H,3-5,7,9-11,13,15-17,19,22,24-28,30,32-47H2,1-2H3,(H,62,63)/b8-6-,14-12-,20-18-,23-21-,31-29-. The van der Waals surface area contributed by atoms with Gasteiger partial charge in [0.2, 0.25) is 0 Å². The van der Waals surface area contributed by atoms with Gasteiger partial charge in [0.1, 0.15) is 42.7 Å². The summed E-state index contributed by atoms with van der Waals surface area (Å²) in [6.07, 6.45) is 45.7. The molecule has 68 heavy (non-hydrogen) atoms. The van der Waals surface area contributed by atoms with Gasteiger partial charge in [-0.05, 0) is 77.0 Å². The van der Waals surface area contributed by atoms with Gasteiger partial charge in [0.05, 0.1) is 13.2 Å². The zero-order valence-electron chi connectivity index (χ0n) is 42.6. The predicted octanol–water partition coefficient (Wildman–Crippen LogP) is 12.5. The van der Waals surface area contributed by atoms with Gasteiger partial charge in [-0.2, -0.15) is 0 Å². The normalized spacial score (nSPS) is 21.6. The van der Waals surface area contributed by atoms with E-state index in [-0.39, 0.29) is 13.0 Å². The summed E-state index contributed by atoms with van der Waals surface area (Å²) in [6, 6.07) is 0. The topological polar surface area (TPSA) is 192 Å². The summed E-state index contributed by atoms with van der Waals surface area (Å²) in [4.78, 5) is 23.3. The lowest BCUT2D eigenvalue weighted by atomic mass is 9.85. The highest BCUT2D eigenvalue weighted by Crippen LogP contribution is 2.47. The van der Waals surface area contributed by atoms with E-state index < -0.39 is 63.1 Å². The Labute approximate surface area is 413 Å². The first-order chi connectivity index (χ1) is 33.0. The van der Waals surface area contributed by atoms with Crippen LogP contribution in [0.2, 0.25) is 0 Å². The van der Waals surface area contributed by atoms with E-state index in [0.29, 0.717) is 13.0 Å². The summed E-state index contributed by atoms with van der Waals surface area (Å²) in [5, 5.41) is 50.4. The lowest BCUT2D eigenvalue weighted by Crippen LogP contribution is -2.64. The quantitative estimate of drug-likeness (QED) is 0.0147. The molecule has 6 unspecified atom stereocenters. The van der Waals surface area contributed by atoms with Gasteiger partial charge in [-0.1, -0.05) is 197 Å². The summed E-state index contributed by atoms with van der Waals surface area (Å²) in [6.45, 7) is 4.13.